The van der Waals surface area contributed by atoms with E-state index < -0.39 is 0 Å². The lowest BCUT2D eigenvalue weighted by Crippen LogP contribution is -2.34. The zero-order chi connectivity index (χ0) is 16.2. The molecule has 3 rings (SSSR count). The van der Waals surface area contributed by atoms with Gasteiger partial charge in [-0.1, -0.05) is 18.2 Å². The summed E-state index contributed by atoms with van der Waals surface area (Å²) in [5, 5.41) is 0. The molecule has 5 nitrogen and oxygen atoms in total. The minimum absolute atomic E-state index is 0.108. The Morgan fingerprint density at radius 3 is 2.83 bits per heavy atom. The molecule has 1 aromatic heterocycles. The van der Waals surface area contributed by atoms with Crippen molar-refractivity contribution in [2.75, 3.05) is 27.2 Å². The SMILES string of the molecule is CN(C)[C@H]1CCCN(C(=O)c2ccccc2-c2ncc[nH]2)CC1. The van der Waals surface area contributed by atoms with Crippen molar-refractivity contribution in [3.63, 3.8) is 0 Å². The number of aromatic nitrogens is 2. The van der Waals surface area contributed by atoms with Crippen LogP contribution in [0, 0.1) is 0 Å². The van der Waals surface area contributed by atoms with Gasteiger partial charge in [0, 0.05) is 37.1 Å². The molecule has 1 aliphatic rings. The Kier molecular flexibility index (Phi) is 4.76. The van der Waals surface area contributed by atoms with Crippen molar-refractivity contribution in [3.05, 3.63) is 42.2 Å². The van der Waals surface area contributed by atoms with Crippen LogP contribution in [0.5, 0.6) is 0 Å². The van der Waals surface area contributed by atoms with Crippen molar-refractivity contribution >= 4 is 5.91 Å². The predicted octanol–water partition coefficient (Wildman–Crippen LogP) is 2.63. The summed E-state index contributed by atoms with van der Waals surface area (Å²) in [5.74, 6) is 0.853. The van der Waals surface area contributed by atoms with Gasteiger partial charge in [-0.15, -0.1) is 0 Å². The monoisotopic (exact) mass is 312 g/mol. The summed E-state index contributed by atoms with van der Waals surface area (Å²) in [6.07, 6.45) is 6.73. The average Bonchev–Trinajstić information content (AvgIpc) is 2.98. The molecule has 2 aromatic rings. The molecule has 5 heteroatoms. The summed E-state index contributed by atoms with van der Waals surface area (Å²) in [5.41, 5.74) is 1.60. The number of carbonyl (C=O) groups is 1. The van der Waals surface area contributed by atoms with Crippen LogP contribution in [-0.2, 0) is 0 Å². The van der Waals surface area contributed by atoms with E-state index in [1.54, 1.807) is 12.4 Å². The standard InChI is InChI=1S/C18H24N4O/c1-21(2)14-6-5-12-22(13-9-14)18(23)16-8-4-3-7-15(16)17-19-10-11-20-17/h3-4,7-8,10-11,14H,5-6,9,12-13H2,1-2H3,(H,19,20)/t14-/m0/s1. The number of rotatable bonds is 3. The second kappa shape index (κ2) is 6.96. The van der Waals surface area contributed by atoms with Crippen LogP contribution in [-0.4, -0.2) is 58.9 Å². The van der Waals surface area contributed by atoms with E-state index in [0.717, 1.165) is 49.3 Å². The van der Waals surface area contributed by atoms with Crippen LogP contribution in [0.1, 0.15) is 29.6 Å². The van der Waals surface area contributed by atoms with Crippen LogP contribution in [0.4, 0.5) is 0 Å². The van der Waals surface area contributed by atoms with Crippen LogP contribution in [0.15, 0.2) is 36.7 Å². The van der Waals surface area contributed by atoms with Crippen molar-refractivity contribution in [3.8, 4) is 11.4 Å². The molecule has 1 fully saturated rings. The molecule has 0 radical (unpaired) electrons. The molecule has 1 aromatic carbocycles. The van der Waals surface area contributed by atoms with Gasteiger partial charge in [0.15, 0.2) is 0 Å². The number of carbonyl (C=O) groups excluding carboxylic acids is 1. The Bertz CT molecular complexity index is 651. The van der Waals surface area contributed by atoms with Crippen LogP contribution in [0.3, 0.4) is 0 Å². The quantitative estimate of drug-likeness (QED) is 0.948. The number of aromatic amines is 1. The van der Waals surface area contributed by atoms with Crippen molar-refractivity contribution in [1.29, 1.82) is 0 Å². The van der Waals surface area contributed by atoms with Gasteiger partial charge in [0.05, 0.1) is 5.56 Å². The second-order valence-electron chi connectivity index (χ2n) is 6.32. The molecule has 1 saturated heterocycles. The first kappa shape index (κ1) is 15.7. The molecule has 122 valence electrons. The molecule has 0 bridgehead atoms. The van der Waals surface area contributed by atoms with Crippen molar-refractivity contribution in [1.82, 2.24) is 19.8 Å². The largest absolute Gasteiger partial charge is 0.345 e. The predicted molar refractivity (Wildman–Crippen MR) is 91.3 cm³/mol. The Balaban J connectivity index is 1.81. The number of imidazole rings is 1. The molecular formula is C18H24N4O. The van der Waals surface area contributed by atoms with E-state index in [9.17, 15) is 4.79 Å². The van der Waals surface area contributed by atoms with Crippen LogP contribution < -0.4 is 0 Å². The van der Waals surface area contributed by atoms with E-state index in [-0.39, 0.29) is 5.91 Å². The molecule has 0 unspecified atom stereocenters. The maximum Gasteiger partial charge on any atom is 0.254 e. The fourth-order valence-corrected chi connectivity index (χ4v) is 3.26. The van der Waals surface area contributed by atoms with E-state index in [2.05, 4.69) is 29.0 Å². The molecular weight excluding hydrogens is 288 g/mol. The van der Waals surface area contributed by atoms with E-state index in [1.165, 1.54) is 0 Å². The normalized spacial score (nSPS) is 18.9. The smallest absolute Gasteiger partial charge is 0.254 e. The van der Waals surface area contributed by atoms with Crippen molar-refractivity contribution in [2.45, 2.75) is 25.3 Å². The van der Waals surface area contributed by atoms with Gasteiger partial charge in [-0.05, 0) is 39.4 Å². The molecule has 0 spiro atoms. The highest BCUT2D eigenvalue weighted by Crippen LogP contribution is 2.23. The molecule has 1 atom stereocenters. The number of nitrogens with zero attached hydrogens (tertiary/aromatic N) is 3. The van der Waals surface area contributed by atoms with E-state index in [4.69, 9.17) is 0 Å². The topological polar surface area (TPSA) is 52.2 Å². The summed E-state index contributed by atoms with van der Waals surface area (Å²) in [7, 11) is 4.24. The minimum Gasteiger partial charge on any atom is -0.345 e. The Labute approximate surface area is 137 Å². The van der Waals surface area contributed by atoms with Gasteiger partial charge < -0.3 is 14.8 Å². The average molecular weight is 312 g/mol. The third-order valence-corrected chi connectivity index (χ3v) is 4.63. The number of nitrogens with one attached hydrogen (secondary N) is 1. The number of amides is 1. The van der Waals surface area contributed by atoms with E-state index in [1.807, 2.05) is 29.2 Å². The maximum absolute atomic E-state index is 13.0. The Morgan fingerprint density at radius 2 is 2.09 bits per heavy atom. The number of hydrogen-bond acceptors (Lipinski definition) is 3. The first-order valence-electron chi connectivity index (χ1n) is 8.21. The summed E-state index contributed by atoms with van der Waals surface area (Å²) in [4.78, 5) is 24.7. The van der Waals surface area contributed by atoms with Crippen LogP contribution in [0.2, 0.25) is 0 Å². The van der Waals surface area contributed by atoms with Gasteiger partial charge in [0.1, 0.15) is 5.82 Å². The van der Waals surface area contributed by atoms with E-state index >= 15 is 0 Å². The van der Waals surface area contributed by atoms with Crippen LogP contribution >= 0.6 is 0 Å². The lowest BCUT2D eigenvalue weighted by atomic mass is 10.1. The molecule has 1 N–H and O–H groups in total. The lowest BCUT2D eigenvalue weighted by Gasteiger charge is -2.24. The number of benzene rings is 1. The molecule has 0 saturated carbocycles. The second-order valence-corrected chi connectivity index (χ2v) is 6.32. The third-order valence-electron chi connectivity index (χ3n) is 4.63. The summed E-state index contributed by atoms with van der Waals surface area (Å²) >= 11 is 0. The fourth-order valence-electron chi connectivity index (χ4n) is 3.26. The van der Waals surface area contributed by atoms with Crippen molar-refractivity contribution in [2.24, 2.45) is 0 Å². The highest BCUT2D eigenvalue weighted by atomic mass is 16.2. The van der Waals surface area contributed by atoms with Gasteiger partial charge in [0.25, 0.3) is 5.91 Å². The van der Waals surface area contributed by atoms with Crippen LogP contribution in [0.25, 0.3) is 11.4 Å². The highest BCUT2D eigenvalue weighted by molar-refractivity contribution is 6.00. The van der Waals surface area contributed by atoms with Gasteiger partial charge in [0.2, 0.25) is 0 Å². The van der Waals surface area contributed by atoms with Crippen molar-refractivity contribution < 1.29 is 4.79 Å². The lowest BCUT2D eigenvalue weighted by molar-refractivity contribution is 0.0759. The zero-order valence-corrected chi connectivity index (χ0v) is 13.8. The van der Waals surface area contributed by atoms with Gasteiger partial charge in [-0.2, -0.15) is 0 Å². The van der Waals surface area contributed by atoms with Gasteiger partial charge in [-0.25, -0.2) is 4.98 Å². The Morgan fingerprint density at radius 1 is 1.26 bits per heavy atom. The first-order chi connectivity index (χ1) is 11.2. The summed E-state index contributed by atoms with van der Waals surface area (Å²) in [6, 6.07) is 8.27. The summed E-state index contributed by atoms with van der Waals surface area (Å²) in [6.45, 7) is 1.64. The molecule has 2 heterocycles. The number of likely N-dealkylation sites (tertiary alicyclic amines) is 1. The highest BCUT2D eigenvalue weighted by Gasteiger charge is 2.24. The van der Waals surface area contributed by atoms with Gasteiger partial charge >= 0.3 is 0 Å². The Hall–Kier alpha value is -2.14. The zero-order valence-electron chi connectivity index (χ0n) is 13.8. The molecule has 1 amide bonds. The number of hydrogen-bond donors (Lipinski definition) is 1. The minimum atomic E-state index is 0.108. The third kappa shape index (κ3) is 3.45. The molecule has 1 aliphatic heterocycles. The number of H-pyrrole nitrogens is 1. The summed E-state index contributed by atoms with van der Waals surface area (Å²) < 4.78 is 0. The molecule has 0 aliphatic carbocycles. The van der Waals surface area contributed by atoms with E-state index in [0.29, 0.717) is 6.04 Å². The fraction of sp³-hybridized carbons (Fsp3) is 0.444. The first-order valence-corrected chi connectivity index (χ1v) is 8.21. The molecule has 23 heavy (non-hydrogen) atoms. The van der Waals surface area contributed by atoms with Gasteiger partial charge in [-0.3, -0.25) is 4.79 Å². The maximum atomic E-state index is 13.0.